The maximum atomic E-state index is 11.6. The fourth-order valence-corrected chi connectivity index (χ4v) is 3.67. The average molecular weight is 340 g/mol. The van der Waals surface area contributed by atoms with Crippen LogP contribution in [0.5, 0.6) is 0 Å². The molecule has 0 unspecified atom stereocenters. The molecule has 2 rings (SSSR count). The first-order valence-corrected chi connectivity index (χ1v) is 9.20. The van der Waals surface area contributed by atoms with E-state index in [1.807, 2.05) is 18.4 Å². The lowest BCUT2D eigenvalue weighted by molar-refractivity contribution is -0.384. The van der Waals surface area contributed by atoms with Gasteiger partial charge in [-0.1, -0.05) is 0 Å². The van der Waals surface area contributed by atoms with Crippen molar-refractivity contribution in [3.63, 3.8) is 0 Å². The molecule has 8 heteroatoms. The number of thiophene rings is 1. The molecule has 1 heterocycles. The van der Waals surface area contributed by atoms with Crippen molar-refractivity contribution in [1.82, 2.24) is 0 Å². The highest BCUT2D eigenvalue weighted by Crippen LogP contribution is 2.31. The molecule has 118 valence electrons. The van der Waals surface area contributed by atoms with Gasteiger partial charge in [-0.15, -0.1) is 11.3 Å². The molecule has 0 aliphatic rings. The SMILES string of the molecule is Cc1ccsc1CN(C)c1ccc(S(C)(=O)=O)cc1[N+](=O)[O-]. The third kappa shape index (κ3) is 3.45. The van der Waals surface area contributed by atoms with Crippen molar-refractivity contribution in [3.8, 4) is 0 Å². The Balaban J connectivity index is 2.42. The van der Waals surface area contributed by atoms with Crippen LogP contribution in [0.3, 0.4) is 0 Å². The van der Waals surface area contributed by atoms with Crippen LogP contribution in [-0.4, -0.2) is 26.6 Å². The lowest BCUT2D eigenvalue weighted by Gasteiger charge is -2.19. The third-order valence-corrected chi connectivity index (χ3v) is 5.45. The summed E-state index contributed by atoms with van der Waals surface area (Å²) in [6, 6.07) is 5.99. The molecule has 0 N–H and O–H groups in total. The molecule has 0 amide bonds. The first kappa shape index (κ1) is 16.4. The second kappa shape index (κ2) is 6.05. The van der Waals surface area contributed by atoms with Crippen molar-refractivity contribution >= 4 is 32.5 Å². The minimum absolute atomic E-state index is 0.0522. The fourth-order valence-electron chi connectivity index (χ4n) is 2.07. The molecule has 22 heavy (non-hydrogen) atoms. The van der Waals surface area contributed by atoms with Crippen molar-refractivity contribution in [3.05, 3.63) is 50.2 Å². The molecule has 0 aliphatic carbocycles. The summed E-state index contributed by atoms with van der Waals surface area (Å²) in [5.41, 5.74) is 1.32. The number of nitro benzene ring substituents is 1. The summed E-state index contributed by atoms with van der Waals surface area (Å²) in [5, 5.41) is 13.2. The minimum atomic E-state index is -3.48. The molecule has 1 aromatic carbocycles. The predicted molar refractivity (Wildman–Crippen MR) is 87.4 cm³/mol. The van der Waals surface area contributed by atoms with E-state index in [1.165, 1.54) is 12.1 Å². The van der Waals surface area contributed by atoms with E-state index in [9.17, 15) is 18.5 Å². The molecule has 0 radical (unpaired) electrons. The van der Waals surface area contributed by atoms with E-state index in [2.05, 4.69) is 0 Å². The zero-order valence-electron chi connectivity index (χ0n) is 12.4. The summed E-state index contributed by atoms with van der Waals surface area (Å²) >= 11 is 1.59. The van der Waals surface area contributed by atoms with Gasteiger partial charge in [-0.3, -0.25) is 10.1 Å². The number of anilines is 1. The molecule has 0 fully saturated rings. The van der Waals surface area contributed by atoms with E-state index < -0.39 is 14.8 Å². The number of aryl methyl sites for hydroxylation is 1. The van der Waals surface area contributed by atoms with Crippen LogP contribution < -0.4 is 4.90 Å². The Morgan fingerprint density at radius 2 is 2.00 bits per heavy atom. The van der Waals surface area contributed by atoms with E-state index in [1.54, 1.807) is 23.3 Å². The molecule has 0 atom stereocenters. The summed E-state index contributed by atoms with van der Waals surface area (Å²) < 4.78 is 23.1. The Morgan fingerprint density at radius 1 is 1.32 bits per heavy atom. The number of hydrogen-bond acceptors (Lipinski definition) is 6. The molecule has 0 bridgehead atoms. The van der Waals surface area contributed by atoms with E-state index in [0.717, 1.165) is 22.8 Å². The first-order chi connectivity index (χ1) is 10.2. The smallest absolute Gasteiger partial charge is 0.293 e. The van der Waals surface area contributed by atoms with Gasteiger partial charge in [0.05, 0.1) is 16.4 Å². The maximum Gasteiger partial charge on any atom is 0.293 e. The van der Waals surface area contributed by atoms with Crippen molar-refractivity contribution in [1.29, 1.82) is 0 Å². The number of nitrogens with zero attached hydrogens (tertiary/aromatic N) is 2. The van der Waals surface area contributed by atoms with Crippen molar-refractivity contribution in [2.75, 3.05) is 18.2 Å². The predicted octanol–water partition coefficient (Wildman–Crippen LogP) is 3.00. The zero-order valence-corrected chi connectivity index (χ0v) is 14.1. The molecular weight excluding hydrogens is 324 g/mol. The van der Waals surface area contributed by atoms with Crippen LogP contribution in [0.25, 0.3) is 0 Å². The highest BCUT2D eigenvalue weighted by atomic mass is 32.2. The normalized spacial score (nSPS) is 11.4. The van der Waals surface area contributed by atoms with Gasteiger partial charge in [0.2, 0.25) is 0 Å². The average Bonchev–Trinajstić information content (AvgIpc) is 2.82. The highest BCUT2D eigenvalue weighted by Gasteiger charge is 2.21. The first-order valence-electron chi connectivity index (χ1n) is 6.42. The van der Waals surface area contributed by atoms with Crippen LogP contribution in [-0.2, 0) is 16.4 Å². The molecule has 1 aromatic heterocycles. The number of nitro groups is 1. The molecule has 0 spiro atoms. The van der Waals surface area contributed by atoms with Gasteiger partial charge in [-0.05, 0) is 36.1 Å². The topological polar surface area (TPSA) is 80.5 Å². The van der Waals surface area contributed by atoms with E-state index in [4.69, 9.17) is 0 Å². The van der Waals surface area contributed by atoms with Gasteiger partial charge in [-0.25, -0.2) is 8.42 Å². The third-order valence-electron chi connectivity index (χ3n) is 3.33. The van der Waals surface area contributed by atoms with Gasteiger partial charge in [0.1, 0.15) is 5.69 Å². The minimum Gasteiger partial charge on any atom is -0.364 e. The van der Waals surface area contributed by atoms with Crippen molar-refractivity contribution in [2.24, 2.45) is 0 Å². The second-order valence-electron chi connectivity index (χ2n) is 5.06. The Hall–Kier alpha value is -1.93. The quantitative estimate of drug-likeness (QED) is 0.617. The van der Waals surface area contributed by atoms with Crippen LogP contribution in [0, 0.1) is 17.0 Å². The second-order valence-corrected chi connectivity index (χ2v) is 8.08. The standard InChI is InChI=1S/C14H16N2O4S2/c1-10-6-7-21-14(10)9-15(2)12-5-4-11(22(3,19)20)8-13(12)16(17)18/h4-8H,9H2,1-3H3. The number of sulfone groups is 1. The highest BCUT2D eigenvalue weighted by molar-refractivity contribution is 7.90. The van der Waals surface area contributed by atoms with E-state index in [-0.39, 0.29) is 10.6 Å². The summed E-state index contributed by atoms with van der Waals surface area (Å²) in [7, 11) is -1.73. The molecule has 2 aromatic rings. The Morgan fingerprint density at radius 3 is 2.50 bits per heavy atom. The largest absolute Gasteiger partial charge is 0.364 e. The summed E-state index contributed by atoms with van der Waals surface area (Å²) in [5.74, 6) is 0. The van der Waals surface area contributed by atoms with Crippen LogP contribution in [0.2, 0.25) is 0 Å². The fraction of sp³-hybridized carbons (Fsp3) is 0.286. The van der Waals surface area contributed by atoms with Gasteiger partial charge >= 0.3 is 0 Å². The molecule has 6 nitrogen and oxygen atoms in total. The summed E-state index contributed by atoms with van der Waals surface area (Å²) in [6.45, 7) is 2.52. The van der Waals surface area contributed by atoms with Crippen molar-refractivity contribution in [2.45, 2.75) is 18.4 Å². The molecule has 0 saturated heterocycles. The summed E-state index contributed by atoms with van der Waals surface area (Å²) in [4.78, 5) is 13.5. The molecule has 0 aliphatic heterocycles. The molecular formula is C14H16N2O4S2. The Labute approximate surface area is 133 Å². The van der Waals surface area contributed by atoms with Crippen LogP contribution in [0.15, 0.2) is 34.5 Å². The van der Waals surface area contributed by atoms with Gasteiger partial charge in [-0.2, -0.15) is 0 Å². The van der Waals surface area contributed by atoms with Gasteiger partial charge in [0.15, 0.2) is 9.84 Å². The summed E-state index contributed by atoms with van der Waals surface area (Å²) in [6.07, 6.45) is 1.03. The number of benzene rings is 1. The number of hydrogen-bond donors (Lipinski definition) is 0. The van der Waals surface area contributed by atoms with Crippen LogP contribution in [0.4, 0.5) is 11.4 Å². The van der Waals surface area contributed by atoms with Gasteiger partial charge in [0, 0.05) is 24.2 Å². The number of rotatable bonds is 5. The van der Waals surface area contributed by atoms with Crippen molar-refractivity contribution < 1.29 is 13.3 Å². The monoisotopic (exact) mass is 340 g/mol. The lowest BCUT2D eigenvalue weighted by atomic mass is 10.2. The van der Waals surface area contributed by atoms with Crippen LogP contribution in [0.1, 0.15) is 10.4 Å². The van der Waals surface area contributed by atoms with Gasteiger partial charge in [0.25, 0.3) is 5.69 Å². The van der Waals surface area contributed by atoms with E-state index in [0.29, 0.717) is 12.2 Å². The van der Waals surface area contributed by atoms with E-state index >= 15 is 0 Å². The Bertz CT molecular complexity index is 812. The Kier molecular flexibility index (Phi) is 4.52. The maximum absolute atomic E-state index is 11.6. The van der Waals surface area contributed by atoms with Gasteiger partial charge < -0.3 is 4.90 Å². The van der Waals surface area contributed by atoms with Crippen LogP contribution >= 0.6 is 11.3 Å². The molecule has 0 saturated carbocycles. The lowest BCUT2D eigenvalue weighted by Crippen LogP contribution is -2.17. The zero-order chi connectivity index (χ0) is 16.5.